The third-order valence-corrected chi connectivity index (χ3v) is 4.20. The van der Waals surface area contributed by atoms with Gasteiger partial charge in [-0.25, -0.2) is 9.37 Å². The van der Waals surface area contributed by atoms with Crippen molar-refractivity contribution >= 4 is 30.7 Å². The van der Waals surface area contributed by atoms with E-state index in [0.717, 1.165) is 18.7 Å². The Morgan fingerprint density at radius 1 is 1.46 bits per heavy atom. The first kappa shape index (κ1) is 20.4. The van der Waals surface area contributed by atoms with Gasteiger partial charge in [-0.15, -0.1) is 24.8 Å². The number of nitrogens with one attached hydrogen (secondary N) is 2. The summed E-state index contributed by atoms with van der Waals surface area (Å²) >= 11 is 0. The topological polar surface area (TPSA) is 59.0 Å². The maximum atomic E-state index is 14.1. The van der Waals surface area contributed by atoms with Gasteiger partial charge in [-0.1, -0.05) is 13.0 Å². The van der Waals surface area contributed by atoms with E-state index < -0.39 is 0 Å². The van der Waals surface area contributed by atoms with Crippen molar-refractivity contribution in [1.82, 2.24) is 20.2 Å². The van der Waals surface area contributed by atoms with Gasteiger partial charge in [0.25, 0.3) is 0 Å². The standard InChI is InChI=1S/C16H19FN4O.2ClH/c1-11(13-8-19-9-13)16(22)20-7-12-2-3-15(14(17)6-12)21-5-4-18-10-21;;/h2-6,10-11,13,19H,7-9H2,1H3,(H,20,22);2*1H. The van der Waals surface area contributed by atoms with Crippen molar-refractivity contribution in [3.8, 4) is 5.69 Å². The van der Waals surface area contributed by atoms with Gasteiger partial charge in [0, 0.05) is 24.9 Å². The van der Waals surface area contributed by atoms with E-state index in [-0.39, 0.29) is 42.5 Å². The summed E-state index contributed by atoms with van der Waals surface area (Å²) in [6.45, 7) is 4.06. The molecule has 1 amide bonds. The quantitative estimate of drug-likeness (QED) is 0.844. The number of rotatable bonds is 5. The van der Waals surface area contributed by atoms with Crippen LogP contribution in [0, 0.1) is 17.7 Å². The fourth-order valence-electron chi connectivity index (χ4n) is 2.50. The molecule has 0 radical (unpaired) electrons. The number of benzene rings is 1. The average molecular weight is 375 g/mol. The predicted molar refractivity (Wildman–Crippen MR) is 95.4 cm³/mol. The Morgan fingerprint density at radius 2 is 2.21 bits per heavy atom. The van der Waals surface area contributed by atoms with Crippen LogP contribution in [0.4, 0.5) is 4.39 Å². The highest BCUT2D eigenvalue weighted by molar-refractivity contribution is 5.85. The molecular formula is C16H21Cl2FN4O. The molecule has 2 heterocycles. The van der Waals surface area contributed by atoms with E-state index in [4.69, 9.17) is 0 Å². The van der Waals surface area contributed by atoms with Crippen LogP contribution in [0.1, 0.15) is 12.5 Å². The van der Waals surface area contributed by atoms with E-state index in [9.17, 15) is 9.18 Å². The van der Waals surface area contributed by atoms with E-state index in [1.165, 1.54) is 6.07 Å². The number of imidazole rings is 1. The molecule has 1 unspecified atom stereocenters. The molecule has 0 saturated carbocycles. The molecule has 132 valence electrons. The molecule has 0 bridgehead atoms. The van der Waals surface area contributed by atoms with Gasteiger partial charge in [0.1, 0.15) is 5.82 Å². The summed E-state index contributed by atoms with van der Waals surface area (Å²) in [6.07, 6.45) is 4.84. The lowest BCUT2D eigenvalue weighted by Crippen LogP contribution is -2.49. The van der Waals surface area contributed by atoms with Crippen molar-refractivity contribution < 1.29 is 9.18 Å². The Kier molecular flexibility index (Phi) is 7.66. The molecule has 8 heteroatoms. The number of hydrogen-bond acceptors (Lipinski definition) is 3. The fourth-order valence-corrected chi connectivity index (χ4v) is 2.50. The Bertz CT molecular complexity index is 662. The van der Waals surface area contributed by atoms with E-state index >= 15 is 0 Å². The van der Waals surface area contributed by atoms with Crippen molar-refractivity contribution in [3.63, 3.8) is 0 Å². The van der Waals surface area contributed by atoms with Crippen molar-refractivity contribution in [2.24, 2.45) is 11.8 Å². The van der Waals surface area contributed by atoms with Crippen molar-refractivity contribution in [1.29, 1.82) is 0 Å². The number of carbonyl (C=O) groups excluding carboxylic acids is 1. The number of carbonyl (C=O) groups is 1. The molecule has 5 nitrogen and oxygen atoms in total. The van der Waals surface area contributed by atoms with Gasteiger partial charge in [0.15, 0.2) is 0 Å². The van der Waals surface area contributed by atoms with Gasteiger partial charge in [0.05, 0.1) is 12.0 Å². The molecule has 1 aromatic heterocycles. The van der Waals surface area contributed by atoms with Crippen LogP contribution in [0.15, 0.2) is 36.9 Å². The van der Waals surface area contributed by atoms with Crippen LogP contribution in [0.3, 0.4) is 0 Å². The predicted octanol–water partition coefficient (Wildman–Crippen LogP) is 2.33. The highest BCUT2D eigenvalue weighted by Gasteiger charge is 2.28. The second-order valence-corrected chi connectivity index (χ2v) is 5.68. The smallest absolute Gasteiger partial charge is 0.223 e. The zero-order valence-corrected chi connectivity index (χ0v) is 14.9. The molecule has 0 aliphatic carbocycles. The van der Waals surface area contributed by atoms with Gasteiger partial charge >= 0.3 is 0 Å². The highest BCUT2D eigenvalue weighted by atomic mass is 35.5. The minimum atomic E-state index is -0.332. The zero-order chi connectivity index (χ0) is 15.5. The van der Waals surface area contributed by atoms with Gasteiger partial charge in [-0.05, 0) is 36.7 Å². The molecule has 1 aromatic carbocycles. The lowest BCUT2D eigenvalue weighted by molar-refractivity contribution is -0.126. The van der Waals surface area contributed by atoms with Crippen molar-refractivity contribution in [2.75, 3.05) is 13.1 Å². The molecule has 2 N–H and O–H groups in total. The average Bonchev–Trinajstić information content (AvgIpc) is 2.96. The summed E-state index contributed by atoms with van der Waals surface area (Å²) in [5.74, 6) is 0.0725. The fraction of sp³-hybridized carbons (Fsp3) is 0.375. The van der Waals surface area contributed by atoms with Gasteiger partial charge in [-0.2, -0.15) is 0 Å². The molecule has 1 atom stereocenters. The number of nitrogens with zero attached hydrogens (tertiary/aromatic N) is 2. The molecule has 1 fully saturated rings. The van der Waals surface area contributed by atoms with Crippen LogP contribution in [0.5, 0.6) is 0 Å². The van der Waals surface area contributed by atoms with Gasteiger partial charge in [-0.3, -0.25) is 4.79 Å². The van der Waals surface area contributed by atoms with E-state index in [0.29, 0.717) is 18.2 Å². The molecule has 24 heavy (non-hydrogen) atoms. The molecule has 0 spiro atoms. The van der Waals surface area contributed by atoms with Crippen LogP contribution in [0.25, 0.3) is 5.69 Å². The molecular weight excluding hydrogens is 354 g/mol. The third-order valence-electron chi connectivity index (χ3n) is 4.20. The first-order chi connectivity index (χ1) is 10.6. The summed E-state index contributed by atoms with van der Waals surface area (Å²) < 4.78 is 15.7. The van der Waals surface area contributed by atoms with Crippen molar-refractivity contribution in [2.45, 2.75) is 13.5 Å². The van der Waals surface area contributed by atoms with Crippen LogP contribution in [-0.2, 0) is 11.3 Å². The van der Waals surface area contributed by atoms with Crippen LogP contribution < -0.4 is 10.6 Å². The lowest BCUT2D eigenvalue weighted by Gasteiger charge is -2.31. The maximum Gasteiger partial charge on any atom is 0.223 e. The normalized spacial score (nSPS) is 14.8. The summed E-state index contributed by atoms with van der Waals surface area (Å²) in [5.41, 5.74) is 1.19. The SMILES string of the molecule is CC(C(=O)NCc1ccc(-n2ccnc2)c(F)c1)C1CNC1.Cl.Cl. The van der Waals surface area contributed by atoms with Crippen LogP contribution >= 0.6 is 24.8 Å². The Balaban J connectivity index is 0.00000144. The number of halogens is 3. The Morgan fingerprint density at radius 3 is 2.75 bits per heavy atom. The molecule has 1 saturated heterocycles. The maximum absolute atomic E-state index is 14.1. The Hall–Kier alpha value is -1.63. The number of aromatic nitrogens is 2. The molecule has 1 aliphatic heterocycles. The van der Waals surface area contributed by atoms with E-state index in [2.05, 4.69) is 15.6 Å². The second-order valence-electron chi connectivity index (χ2n) is 5.68. The molecule has 2 aromatic rings. The first-order valence-electron chi connectivity index (χ1n) is 7.40. The van der Waals surface area contributed by atoms with Gasteiger partial charge < -0.3 is 15.2 Å². The Labute approximate surface area is 152 Å². The zero-order valence-electron chi connectivity index (χ0n) is 13.2. The first-order valence-corrected chi connectivity index (χ1v) is 7.40. The monoisotopic (exact) mass is 374 g/mol. The van der Waals surface area contributed by atoms with Crippen LogP contribution in [0.2, 0.25) is 0 Å². The van der Waals surface area contributed by atoms with E-state index in [1.54, 1.807) is 29.4 Å². The van der Waals surface area contributed by atoms with E-state index in [1.807, 2.05) is 13.0 Å². The third kappa shape index (κ3) is 4.47. The summed E-state index contributed by atoms with van der Waals surface area (Å²) in [4.78, 5) is 15.9. The molecule has 1 aliphatic rings. The minimum absolute atomic E-state index is 0. The second kappa shape index (κ2) is 9.01. The largest absolute Gasteiger partial charge is 0.352 e. The highest BCUT2D eigenvalue weighted by Crippen LogP contribution is 2.17. The lowest BCUT2D eigenvalue weighted by atomic mass is 9.88. The number of hydrogen-bond donors (Lipinski definition) is 2. The summed E-state index contributed by atoms with van der Waals surface area (Å²) in [6, 6.07) is 4.96. The summed E-state index contributed by atoms with van der Waals surface area (Å²) in [7, 11) is 0. The van der Waals surface area contributed by atoms with Crippen LogP contribution in [-0.4, -0.2) is 28.5 Å². The summed E-state index contributed by atoms with van der Waals surface area (Å²) in [5, 5.41) is 6.04. The molecule has 3 rings (SSSR count). The van der Waals surface area contributed by atoms with Gasteiger partial charge in [0.2, 0.25) is 5.91 Å². The minimum Gasteiger partial charge on any atom is -0.352 e. The van der Waals surface area contributed by atoms with Crippen molar-refractivity contribution in [3.05, 3.63) is 48.3 Å². The number of amides is 1.